The number of fused-ring (bicyclic) bond motifs is 1. The molecule has 172 valence electrons. The van der Waals surface area contributed by atoms with E-state index >= 15 is 0 Å². The van der Waals surface area contributed by atoms with E-state index in [0.717, 1.165) is 34.0 Å². The molecule has 1 aliphatic rings. The summed E-state index contributed by atoms with van der Waals surface area (Å²) in [5.41, 5.74) is 4.79. The molecule has 0 saturated heterocycles. The van der Waals surface area contributed by atoms with Crippen molar-refractivity contribution in [1.82, 2.24) is 15.5 Å². The molecule has 2 aromatic carbocycles. The van der Waals surface area contributed by atoms with Gasteiger partial charge in [-0.25, -0.2) is 8.42 Å². The van der Waals surface area contributed by atoms with Crippen LogP contribution in [0.3, 0.4) is 0 Å². The fourth-order valence-corrected chi connectivity index (χ4v) is 5.42. The van der Waals surface area contributed by atoms with Crippen LogP contribution in [0, 0.1) is 11.3 Å². The van der Waals surface area contributed by atoms with Gasteiger partial charge in [0, 0.05) is 30.0 Å². The van der Waals surface area contributed by atoms with Gasteiger partial charge in [-0.05, 0) is 56.0 Å². The molecule has 1 atom stereocenters. The summed E-state index contributed by atoms with van der Waals surface area (Å²) in [5.74, 6) is 0.695. The number of aromatic nitrogens is 2. The van der Waals surface area contributed by atoms with Crippen LogP contribution in [-0.2, 0) is 16.3 Å². The Kier molecular flexibility index (Phi) is 6.79. The highest BCUT2D eigenvalue weighted by Crippen LogP contribution is 2.40. The molecular formula is C24H26N4O3S2. The summed E-state index contributed by atoms with van der Waals surface area (Å²) in [6.07, 6.45) is 3.06. The lowest BCUT2D eigenvalue weighted by molar-refractivity contribution is 0.242. The van der Waals surface area contributed by atoms with Crippen molar-refractivity contribution in [3.05, 3.63) is 53.1 Å². The van der Waals surface area contributed by atoms with E-state index in [2.05, 4.69) is 33.7 Å². The third kappa shape index (κ3) is 5.41. The molecule has 7 nitrogen and oxygen atoms in total. The Hall–Kier alpha value is -2.80. The summed E-state index contributed by atoms with van der Waals surface area (Å²) in [4.78, 5) is 0. The number of nitriles is 1. The van der Waals surface area contributed by atoms with Gasteiger partial charge in [-0.2, -0.15) is 5.26 Å². The van der Waals surface area contributed by atoms with Crippen molar-refractivity contribution in [3.63, 3.8) is 0 Å². The number of benzene rings is 2. The van der Waals surface area contributed by atoms with Crippen molar-refractivity contribution in [2.24, 2.45) is 0 Å². The van der Waals surface area contributed by atoms with Crippen LogP contribution in [-0.4, -0.2) is 43.3 Å². The smallest absolute Gasteiger partial charge is 0.148 e. The first-order valence-electron chi connectivity index (χ1n) is 10.8. The Labute approximate surface area is 198 Å². The van der Waals surface area contributed by atoms with Crippen molar-refractivity contribution in [2.45, 2.75) is 38.8 Å². The minimum absolute atomic E-state index is 0.0130. The van der Waals surface area contributed by atoms with Crippen molar-refractivity contribution in [3.8, 4) is 33.0 Å². The molecule has 0 aliphatic heterocycles. The molecule has 0 bridgehead atoms. The lowest BCUT2D eigenvalue weighted by Crippen LogP contribution is -2.25. The second-order valence-electron chi connectivity index (χ2n) is 8.45. The molecule has 0 spiro atoms. The summed E-state index contributed by atoms with van der Waals surface area (Å²) in [5, 5.41) is 23.3. The van der Waals surface area contributed by atoms with Gasteiger partial charge in [0.2, 0.25) is 0 Å². The maximum absolute atomic E-state index is 11.4. The SMILES string of the molecule is CC(C)Oc1ccc(-c2nnc(-c3cccc4c3CC[C@@H]4NCCS(C)(=O)=O)s2)cc1C#N. The summed E-state index contributed by atoms with van der Waals surface area (Å²) >= 11 is 1.49. The quantitative estimate of drug-likeness (QED) is 0.514. The highest BCUT2D eigenvalue weighted by atomic mass is 32.2. The van der Waals surface area contributed by atoms with E-state index in [0.29, 0.717) is 17.9 Å². The molecule has 33 heavy (non-hydrogen) atoms. The summed E-state index contributed by atoms with van der Waals surface area (Å²) in [7, 11) is -2.99. The third-order valence-corrected chi connectivity index (χ3v) is 7.45. The first-order chi connectivity index (χ1) is 15.7. The predicted molar refractivity (Wildman–Crippen MR) is 130 cm³/mol. The molecule has 1 aromatic heterocycles. The van der Waals surface area contributed by atoms with Gasteiger partial charge in [0.15, 0.2) is 0 Å². The largest absolute Gasteiger partial charge is 0.490 e. The van der Waals surface area contributed by atoms with Crippen molar-refractivity contribution in [1.29, 1.82) is 5.26 Å². The van der Waals surface area contributed by atoms with E-state index < -0.39 is 9.84 Å². The van der Waals surface area contributed by atoms with Crippen LogP contribution in [0.4, 0.5) is 0 Å². The predicted octanol–water partition coefficient (Wildman–Crippen LogP) is 4.15. The van der Waals surface area contributed by atoms with Crippen molar-refractivity contribution < 1.29 is 13.2 Å². The fourth-order valence-electron chi connectivity index (χ4n) is 4.04. The van der Waals surface area contributed by atoms with Gasteiger partial charge in [0.1, 0.15) is 31.7 Å². The van der Waals surface area contributed by atoms with Gasteiger partial charge in [-0.1, -0.05) is 29.5 Å². The standard InChI is InChI=1S/C24H26N4O3S2/c1-15(2)31-22-10-7-16(13-17(22)14-25)23-27-28-24(32-23)20-6-4-5-19-18(20)8-9-21(19)26-11-12-33(3,29)30/h4-7,10,13,15,21,26H,8-9,11-12H2,1-3H3/t21-/m0/s1. The van der Waals surface area contributed by atoms with Gasteiger partial charge >= 0.3 is 0 Å². The normalized spacial score (nSPS) is 15.4. The second-order valence-corrected chi connectivity index (χ2v) is 11.7. The Balaban J connectivity index is 1.57. The Morgan fingerprint density at radius 1 is 1.24 bits per heavy atom. The molecule has 1 aliphatic carbocycles. The van der Waals surface area contributed by atoms with E-state index in [-0.39, 0.29) is 17.9 Å². The Morgan fingerprint density at radius 2 is 2.03 bits per heavy atom. The minimum atomic E-state index is -2.99. The number of ether oxygens (including phenoxy) is 1. The molecule has 0 amide bonds. The molecule has 0 radical (unpaired) electrons. The number of hydrogen-bond acceptors (Lipinski definition) is 8. The Bertz CT molecular complexity index is 1310. The van der Waals surface area contributed by atoms with Crippen LogP contribution in [0.1, 0.15) is 43.0 Å². The minimum Gasteiger partial charge on any atom is -0.490 e. The van der Waals surface area contributed by atoms with E-state index in [1.165, 1.54) is 28.7 Å². The van der Waals surface area contributed by atoms with E-state index in [4.69, 9.17) is 4.74 Å². The lowest BCUT2D eigenvalue weighted by atomic mass is 10.0. The lowest BCUT2D eigenvalue weighted by Gasteiger charge is -2.14. The summed E-state index contributed by atoms with van der Waals surface area (Å²) < 4.78 is 28.6. The maximum atomic E-state index is 11.4. The molecule has 1 heterocycles. The number of sulfone groups is 1. The van der Waals surface area contributed by atoms with Crippen LogP contribution in [0.2, 0.25) is 0 Å². The molecule has 0 unspecified atom stereocenters. The summed E-state index contributed by atoms with van der Waals surface area (Å²) in [6, 6.07) is 14.0. The van der Waals surface area contributed by atoms with Crippen LogP contribution in [0.5, 0.6) is 5.75 Å². The number of nitrogens with one attached hydrogen (secondary N) is 1. The monoisotopic (exact) mass is 482 g/mol. The molecule has 3 aromatic rings. The van der Waals surface area contributed by atoms with Gasteiger partial charge in [-0.15, -0.1) is 10.2 Å². The van der Waals surface area contributed by atoms with Crippen molar-refractivity contribution in [2.75, 3.05) is 18.6 Å². The molecule has 1 N–H and O–H groups in total. The molecular weight excluding hydrogens is 456 g/mol. The molecule has 0 saturated carbocycles. The fraction of sp³-hybridized carbons (Fsp3) is 0.375. The van der Waals surface area contributed by atoms with E-state index in [1.807, 2.05) is 32.0 Å². The van der Waals surface area contributed by atoms with Gasteiger partial charge in [-0.3, -0.25) is 0 Å². The van der Waals surface area contributed by atoms with Gasteiger partial charge in [0.05, 0.1) is 17.4 Å². The second kappa shape index (κ2) is 9.59. The van der Waals surface area contributed by atoms with E-state index in [1.54, 1.807) is 6.07 Å². The number of rotatable bonds is 8. The van der Waals surface area contributed by atoms with Gasteiger partial charge in [0.25, 0.3) is 0 Å². The van der Waals surface area contributed by atoms with Crippen LogP contribution < -0.4 is 10.1 Å². The highest BCUT2D eigenvalue weighted by molar-refractivity contribution is 7.90. The number of hydrogen-bond donors (Lipinski definition) is 1. The van der Waals surface area contributed by atoms with Crippen molar-refractivity contribution >= 4 is 21.2 Å². The highest BCUT2D eigenvalue weighted by Gasteiger charge is 2.26. The number of nitrogens with zero attached hydrogens (tertiary/aromatic N) is 3. The summed E-state index contributed by atoms with van der Waals surface area (Å²) in [6.45, 7) is 4.29. The first-order valence-corrected chi connectivity index (χ1v) is 13.7. The average Bonchev–Trinajstić information content (AvgIpc) is 3.40. The van der Waals surface area contributed by atoms with Crippen LogP contribution in [0.15, 0.2) is 36.4 Å². The zero-order valence-corrected chi connectivity index (χ0v) is 20.5. The van der Waals surface area contributed by atoms with Crippen LogP contribution >= 0.6 is 11.3 Å². The van der Waals surface area contributed by atoms with Gasteiger partial charge < -0.3 is 10.1 Å². The zero-order valence-electron chi connectivity index (χ0n) is 18.8. The van der Waals surface area contributed by atoms with E-state index in [9.17, 15) is 13.7 Å². The van der Waals surface area contributed by atoms with Crippen LogP contribution in [0.25, 0.3) is 21.1 Å². The molecule has 0 fully saturated rings. The average molecular weight is 483 g/mol. The Morgan fingerprint density at radius 3 is 2.76 bits per heavy atom. The molecule has 4 rings (SSSR count). The maximum Gasteiger partial charge on any atom is 0.148 e. The topological polar surface area (TPSA) is 105 Å². The third-order valence-electron chi connectivity index (χ3n) is 5.50. The first kappa shape index (κ1) is 23.4. The zero-order chi connectivity index (χ0) is 23.6. The molecule has 9 heteroatoms.